The Morgan fingerprint density at radius 3 is 2.37 bits per heavy atom. The Morgan fingerprint density at radius 2 is 1.95 bits per heavy atom. The van der Waals surface area contributed by atoms with Crippen LogP contribution in [-0.4, -0.2) is 40.0 Å². The molecule has 0 spiro atoms. The Morgan fingerprint density at radius 1 is 1.37 bits per heavy atom. The van der Waals surface area contributed by atoms with Crippen molar-refractivity contribution in [2.75, 3.05) is 13.1 Å². The van der Waals surface area contributed by atoms with Gasteiger partial charge in [0.2, 0.25) is 0 Å². The molecule has 1 fully saturated rings. The lowest BCUT2D eigenvalue weighted by Gasteiger charge is -2.36. The maximum atomic E-state index is 12.2. The molecule has 0 aromatic carbocycles. The number of carboxylic acid groups (broad SMARTS) is 1. The fraction of sp³-hybridized carbons (Fsp3) is 0.500. The number of amides is 1. The second-order valence-corrected chi connectivity index (χ2v) is 5.79. The van der Waals surface area contributed by atoms with Gasteiger partial charge in [-0.3, -0.25) is 9.59 Å². The molecule has 0 aliphatic carbocycles. The molecule has 2 N–H and O–H groups in total. The maximum absolute atomic E-state index is 12.2. The first-order valence-corrected chi connectivity index (χ1v) is 6.66. The van der Waals surface area contributed by atoms with Crippen molar-refractivity contribution in [2.45, 2.75) is 19.8 Å². The number of aromatic nitrogens is 1. The van der Waals surface area contributed by atoms with Gasteiger partial charge in [0.05, 0.1) is 10.4 Å². The lowest BCUT2D eigenvalue weighted by molar-refractivity contribution is -0.150. The normalized spacial score (nSPS) is 18.4. The lowest BCUT2D eigenvalue weighted by atomic mass is 9.80. The van der Waals surface area contributed by atoms with Crippen LogP contribution in [0, 0.1) is 5.41 Å². The van der Waals surface area contributed by atoms with E-state index in [4.69, 9.17) is 28.3 Å². The van der Waals surface area contributed by atoms with Crippen LogP contribution in [0.2, 0.25) is 10.2 Å². The van der Waals surface area contributed by atoms with Crippen LogP contribution in [0.5, 0.6) is 0 Å². The van der Waals surface area contributed by atoms with Gasteiger partial charge >= 0.3 is 5.97 Å². The van der Waals surface area contributed by atoms with Gasteiger partial charge < -0.3 is 15.0 Å². The van der Waals surface area contributed by atoms with Crippen LogP contribution in [0.3, 0.4) is 0 Å². The molecule has 1 saturated heterocycles. The van der Waals surface area contributed by atoms with Crippen molar-refractivity contribution in [1.82, 2.24) is 9.88 Å². The van der Waals surface area contributed by atoms with Crippen molar-refractivity contribution in [3.05, 3.63) is 21.9 Å². The molecule has 0 bridgehead atoms. The van der Waals surface area contributed by atoms with E-state index in [9.17, 15) is 9.59 Å². The third-order valence-corrected chi connectivity index (χ3v) is 4.32. The molecule has 19 heavy (non-hydrogen) atoms. The molecule has 0 radical (unpaired) electrons. The highest BCUT2D eigenvalue weighted by Gasteiger charge is 2.38. The highest BCUT2D eigenvalue weighted by atomic mass is 35.5. The number of aromatic amines is 1. The number of carbonyl (C=O) groups excluding carboxylic acids is 1. The average molecular weight is 305 g/mol. The minimum atomic E-state index is -0.814. The first kappa shape index (κ1) is 14.2. The molecule has 0 unspecified atom stereocenters. The summed E-state index contributed by atoms with van der Waals surface area (Å²) in [5.41, 5.74) is -0.420. The third kappa shape index (κ3) is 2.72. The van der Waals surface area contributed by atoms with Gasteiger partial charge in [0.25, 0.3) is 5.91 Å². The molecule has 1 aliphatic heterocycles. The predicted octanol–water partition coefficient (Wildman–Crippen LogP) is 2.65. The smallest absolute Gasteiger partial charge is 0.309 e. The first-order valence-electron chi connectivity index (χ1n) is 5.90. The zero-order valence-electron chi connectivity index (χ0n) is 10.4. The van der Waals surface area contributed by atoms with Gasteiger partial charge in [0, 0.05) is 13.1 Å². The number of piperidine rings is 1. The summed E-state index contributed by atoms with van der Waals surface area (Å²) in [7, 11) is 0. The summed E-state index contributed by atoms with van der Waals surface area (Å²) in [5.74, 6) is -1.02. The number of rotatable bonds is 2. The van der Waals surface area contributed by atoms with Crippen LogP contribution in [-0.2, 0) is 4.79 Å². The maximum Gasteiger partial charge on any atom is 0.309 e. The summed E-state index contributed by atoms with van der Waals surface area (Å²) in [6.45, 7) is 2.53. The second kappa shape index (κ2) is 5.06. The Hall–Kier alpha value is -1.20. The number of nitrogens with one attached hydrogen (secondary N) is 1. The van der Waals surface area contributed by atoms with E-state index in [2.05, 4.69) is 4.98 Å². The van der Waals surface area contributed by atoms with E-state index < -0.39 is 11.4 Å². The summed E-state index contributed by atoms with van der Waals surface area (Å²) in [6.07, 6.45) is 0.881. The molecular formula is C12H14Cl2N2O3. The highest BCUT2D eigenvalue weighted by Crippen LogP contribution is 2.32. The number of halogens is 2. The zero-order valence-corrected chi connectivity index (χ0v) is 11.9. The van der Waals surface area contributed by atoms with Crippen molar-refractivity contribution in [3.63, 3.8) is 0 Å². The topological polar surface area (TPSA) is 73.4 Å². The number of nitrogens with zero attached hydrogens (tertiary/aromatic N) is 1. The summed E-state index contributed by atoms with van der Waals surface area (Å²) in [4.78, 5) is 27.6. The molecule has 2 rings (SSSR count). The van der Waals surface area contributed by atoms with Crippen molar-refractivity contribution in [3.8, 4) is 0 Å². The van der Waals surface area contributed by atoms with Gasteiger partial charge in [-0.1, -0.05) is 23.2 Å². The Balaban J connectivity index is 2.06. The SMILES string of the molecule is CC1(C(=O)O)CCN(C(=O)c2cc(Cl)c(Cl)[nH]2)CC1. The Bertz CT molecular complexity index is 500. The van der Waals surface area contributed by atoms with Crippen LogP contribution in [0.15, 0.2) is 6.07 Å². The molecule has 0 saturated carbocycles. The minimum Gasteiger partial charge on any atom is -0.481 e. The van der Waals surface area contributed by atoms with E-state index in [0.717, 1.165) is 0 Å². The van der Waals surface area contributed by atoms with Crippen LogP contribution < -0.4 is 0 Å². The molecule has 0 atom stereocenters. The highest BCUT2D eigenvalue weighted by molar-refractivity contribution is 6.41. The summed E-state index contributed by atoms with van der Waals surface area (Å²) < 4.78 is 0. The number of hydrogen-bond acceptors (Lipinski definition) is 2. The standard InChI is InChI=1S/C12H14Cl2N2O3/c1-12(11(18)19)2-4-16(5-3-12)10(17)8-6-7(13)9(14)15-8/h6,15H,2-5H2,1H3,(H,18,19). The van der Waals surface area contributed by atoms with Crippen molar-refractivity contribution in [2.24, 2.45) is 5.41 Å². The number of aliphatic carboxylic acids is 1. The predicted molar refractivity (Wildman–Crippen MR) is 71.7 cm³/mol. The van der Waals surface area contributed by atoms with Gasteiger partial charge in [0.1, 0.15) is 10.8 Å². The van der Waals surface area contributed by atoms with Crippen LogP contribution in [0.4, 0.5) is 0 Å². The van der Waals surface area contributed by atoms with E-state index in [1.165, 1.54) is 6.07 Å². The second-order valence-electron chi connectivity index (χ2n) is 5.00. The molecule has 7 heteroatoms. The number of carboxylic acids is 1. The van der Waals surface area contributed by atoms with E-state index in [0.29, 0.717) is 36.6 Å². The monoisotopic (exact) mass is 304 g/mol. The van der Waals surface area contributed by atoms with Crippen LogP contribution in [0.25, 0.3) is 0 Å². The average Bonchev–Trinajstić information content (AvgIpc) is 2.69. The summed E-state index contributed by atoms with van der Waals surface area (Å²) in [6, 6.07) is 1.48. The molecule has 2 heterocycles. The molecular weight excluding hydrogens is 291 g/mol. The van der Waals surface area contributed by atoms with Gasteiger partial charge in [-0.2, -0.15) is 0 Å². The summed E-state index contributed by atoms with van der Waals surface area (Å²) >= 11 is 11.6. The number of H-pyrrole nitrogens is 1. The van der Waals surface area contributed by atoms with E-state index in [1.54, 1.807) is 11.8 Å². The fourth-order valence-electron chi connectivity index (χ4n) is 2.11. The molecule has 1 aromatic rings. The van der Waals surface area contributed by atoms with Crippen LogP contribution >= 0.6 is 23.2 Å². The number of carbonyl (C=O) groups is 2. The van der Waals surface area contributed by atoms with Gasteiger partial charge in [0.15, 0.2) is 0 Å². The van der Waals surface area contributed by atoms with E-state index in [1.807, 2.05) is 0 Å². The Kier molecular flexibility index (Phi) is 3.78. The van der Waals surface area contributed by atoms with Crippen molar-refractivity contribution in [1.29, 1.82) is 0 Å². The Labute approximate surface area is 120 Å². The number of likely N-dealkylation sites (tertiary alicyclic amines) is 1. The number of hydrogen-bond donors (Lipinski definition) is 2. The van der Waals surface area contributed by atoms with Crippen molar-refractivity contribution >= 4 is 35.1 Å². The van der Waals surface area contributed by atoms with Gasteiger partial charge in [-0.15, -0.1) is 0 Å². The molecule has 1 aliphatic rings. The lowest BCUT2D eigenvalue weighted by Crippen LogP contribution is -2.45. The molecule has 1 aromatic heterocycles. The van der Waals surface area contributed by atoms with Crippen molar-refractivity contribution < 1.29 is 14.7 Å². The van der Waals surface area contributed by atoms with Crippen LogP contribution in [0.1, 0.15) is 30.3 Å². The van der Waals surface area contributed by atoms with E-state index in [-0.39, 0.29) is 11.1 Å². The minimum absolute atomic E-state index is 0.207. The zero-order chi connectivity index (χ0) is 14.2. The summed E-state index contributed by atoms with van der Waals surface area (Å²) in [5, 5.41) is 9.67. The largest absolute Gasteiger partial charge is 0.481 e. The first-order chi connectivity index (χ1) is 8.83. The quantitative estimate of drug-likeness (QED) is 0.882. The van der Waals surface area contributed by atoms with Gasteiger partial charge in [-0.25, -0.2) is 0 Å². The van der Waals surface area contributed by atoms with E-state index >= 15 is 0 Å². The third-order valence-electron chi connectivity index (χ3n) is 3.63. The molecule has 104 valence electrons. The fourth-order valence-corrected chi connectivity index (χ4v) is 2.42. The molecule has 1 amide bonds. The molecule has 5 nitrogen and oxygen atoms in total. The van der Waals surface area contributed by atoms with Gasteiger partial charge in [-0.05, 0) is 25.8 Å².